The van der Waals surface area contributed by atoms with Gasteiger partial charge in [-0.1, -0.05) is 0 Å². The lowest BCUT2D eigenvalue weighted by molar-refractivity contribution is -0.146. The molecular formula is C17H19F3N4OS. The summed E-state index contributed by atoms with van der Waals surface area (Å²) in [6.45, 7) is 1.30. The molecule has 1 amide bonds. The standard InChI is InChI=1S/C17H19F3N4OS/c1-23-13-11(7-21-8-12(13)22-15(23)17(18,19)20)14(25)24-5-2-3-16(9-24)4-6-26-10-16/h7-8H,2-6,9-10H2,1H3. The molecule has 1 atom stereocenters. The van der Waals surface area contributed by atoms with Crippen molar-refractivity contribution in [1.29, 1.82) is 0 Å². The number of aromatic nitrogens is 3. The van der Waals surface area contributed by atoms with Gasteiger partial charge in [0.15, 0.2) is 0 Å². The number of aryl methyl sites for hydroxylation is 1. The second-order valence-corrected chi connectivity index (χ2v) is 8.28. The van der Waals surface area contributed by atoms with Gasteiger partial charge in [0, 0.05) is 32.1 Å². The fourth-order valence-corrected chi connectivity index (χ4v) is 5.64. The van der Waals surface area contributed by atoms with Crippen molar-refractivity contribution in [2.24, 2.45) is 12.5 Å². The zero-order valence-electron chi connectivity index (χ0n) is 14.3. The summed E-state index contributed by atoms with van der Waals surface area (Å²) in [5.41, 5.74) is 0.631. The Morgan fingerprint density at radius 1 is 1.31 bits per heavy atom. The average molecular weight is 384 g/mol. The van der Waals surface area contributed by atoms with Crippen LogP contribution in [0.25, 0.3) is 11.0 Å². The van der Waals surface area contributed by atoms with Crippen LogP contribution in [0.15, 0.2) is 12.4 Å². The summed E-state index contributed by atoms with van der Waals surface area (Å²) in [7, 11) is 1.29. The SMILES string of the molecule is Cn1c(C(F)(F)F)nc2cncc(C(=O)N3CCCC4(CCSC4)C3)c21. The highest BCUT2D eigenvalue weighted by molar-refractivity contribution is 7.99. The maximum atomic E-state index is 13.2. The van der Waals surface area contributed by atoms with Gasteiger partial charge in [0.05, 0.1) is 17.3 Å². The summed E-state index contributed by atoms with van der Waals surface area (Å²) < 4.78 is 40.5. The molecule has 9 heteroatoms. The molecule has 0 bridgehead atoms. The zero-order chi connectivity index (χ0) is 18.5. The third-order valence-corrected chi connectivity index (χ3v) is 6.70. The third-order valence-electron chi connectivity index (χ3n) is 5.40. The molecule has 2 fully saturated rings. The minimum Gasteiger partial charge on any atom is -0.338 e. The van der Waals surface area contributed by atoms with Crippen LogP contribution in [-0.2, 0) is 13.2 Å². The Morgan fingerprint density at radius 3 is 2.81 bits per heavy atom. The molecule has 0 N–H and O–H groups in total. The summed E-state index contributed by atoms with van der Waals surface area (Å²) in [5, 5.41) is 0. The van der Waals surface area contributed by atoms with E-state index in [1.807, 2.05) is 11.8 Å². The van der Waals surface area contributed by atoms with E-state index in [4.69, 9.17) is 0 Å². The molecule has 2 aromatic heterocycles. The van der Waals surface area contributed by atoms with Crippen molar-refractivity contribution in [3.63, 3.8) is 0 Å². The Morgan fingerprint density at radius 2 is 2.12 bits per heavy atom. The quantitative estimate of drug-likeness (QED) is 0.757. The van der Waals surface area contributed by atoms with Gasteiger partial charge in [0.1, 0.15) is 5.52 Å². The van der Waals surface area contributed by atoms with Gasteiger partial charge < -0.3 is 9.47 Å². The number of pyridine rings is 1. The van der Waals surface area contributed by atoms with Crippen LogP contribution in [0, 0.1) is 5.41 Å². The lowest BCUT2D eigenvalue weighted by atomic mass is 9.79. The first-order valence-electron chi connectivity index (χ1n) is 8.55. The van der Waals surface area contributed by atoms with Crippen LogP contribution in [0.5, 0.6) is 0 Å². The van der Waals surface area contributed by atoms with Gasteiger partial charge in [-0.15, -0.1) is 0 Å². The van der Waals surface area contributed by atoms with Gasteiger partial charge in [0.25, 0.3) is 5.91 Å². The number of fused-ring (bicyclic) bond motifs is 1. The fourth-order valence-electron chi connectivity index (χ4n) is 4.11. The molecule has 2 aliphatic heterocycles. The van der Waals surface area contributed by atoms with Crippen LogP contribution in [0.3, 0.4) is 0 Å². The van der Waals surface area contributed by atoms with Crippen molar-refractivity contribution in [3.05, 3.63) is 23.8 Å². The van der Waals surface area contributed by atoms with E-state index in [2.05, 4.69) is 9.97 Å². The molecule has 0 saturated carbocycles. The molecule has 4 rings (SSSR count). The molecule has 0 radical (unpaired) electrons. The van der Waals surface area contributed by atoms with Crippen molar-refractivity contribution in [2.75, 3.05) is 24.6 Å². The van der Waals surface area contributed by atoms with Crippen molar-refractivity contribution < 1.29 is 18.0 Å². The lowest BCUT2D eigenvalue weighted by Crippen LogP contribution is -2.46. The number of amides is 1. The van der Waals surface area contributed by atoms with E-state index < -0.39 is 12.0 Å². The molecule has 1 unspecified atom stereocenters. The Labute approximate surface area is 153 Å². The highest BCUT2D eigenvalue weighted by atomic mass is 32.2. The van der Waals surface area contributed by atoms with Gasteiger partial charge in [0.2, 0.25) is 5.82 Å². The number of rotatable bonds is 1. The Bertz CT molecular complexity index is 858. The smallest absolute Gasteiger partial charge is 0.338 e. The molecule has 4 heterocycles. The molecule has 2 saturated heterocycles. The highest BCUT2D eigenvalue weighted by Gasteiger charge is 2.41. The van der Waals surface area contributed by atoms with Crippen molar-refractivity contribution in [1.82, 2.24) is 19.4 Å². The number of thioether (sulfide) groups is 1. The van der Waals surface area contributed by atoms with Crippen LogP contribution in [-0.4, -0.2) is 49.9 Å². The second kappa shape index (κ2) is 6.14. The topological polar surface area (TPSA) is 51.0 Å². The minimum atomic E-state index is -4.58. The second-order valence-electron chi connectivity index (χ2n) is 7.18. The molecule has 2 aliphatic rings. The normalized spacial score (nSPS) is 23.9. The number of alkyl halides is 3. The van der Waals surface area contributed by atoms with Gasteiger partial charge in [-0.2, -0.15) is 24.9 Å². The third kappa shape index (κ3) is 2.86. The van der Waals surface area contributed by atoms with E-state index in [1.165, 1.54) is 19.4 Å². The van der Waals surface area contributed by atoms with Gasteiger partial charge in [-0.05, 0) is 30.4 Å². The maximum absolute atomic E-state index is 13.2. The number of carbonyl (C=O) groups excluding carboxylic acids is 1. The number of nitrogens with zero attached hydrogens (tertiary/aromatic N) is 4. The summed E-state index contributed by atoms with van der Waals surface area (Å²) in [6.07, 6.45) is 1.17. The zero-order valence-corrected chi connectivity index (χ0v) is 15.2. The van der Waals surface area contributed by atoms with Crippen LogP contribution in [0.2, 0.25) is 0 Å². The molecule has 26 heavy (non-hydrogen) atoms. The Hall–Kier alpha value is -1.77. The molecule has 0 aliphatic carbocycles. The van der Waals surface area contributed by atoms with E-state index in [-0.39, 0.29) is 27.9 Å². The lowest BCUT2D eigenvalue weighted by Gasteiger charge is -2.40. The molecule has 5 nitrogen and oxygen atoms in total. The van der Waals surface area contributed by atoms with E-state index in [9.17, 15) is 18.0 Å². The van der Waals surface area contributed by atoms with E-state index in [0.717, 1.165) is 35.3 Å². The predicted octanol–water partition coefficient (Wildman–Crippen LogP) is 3.35. The van der Waals surface area contributed by atoms with E-state index in [0.29, 0.717) is 13.1 Å². The number of imidazole rings is 1. The van der Waals surface area contributed by atoms with Crippen LogP contribution in [0.1, 0.15) is 35.4 Å². The maximum Gasteiger partial charge on any atom is 0.449 e. The molecule has 2 aromatic rings. The molecule has 140 valence electrons. The average Bonchev–Trinajstić information content (AvgIpc) is 3.19. The number of hydrogen-bond acceptors (Lipinski definition) is 4. The van der Waals surface area contributed by atoms with Crippen molar-refractivity contribution >= 4 is 28.7 Å². The van der Waals surface area contributed by atoms with Gasteiger partial charge >= 0.3 is 6.18 Å². The number of carbonyl (C=O) groups is 1. The number of piperidine rings is 1. The van der Waals surface area contributed by atoms with Gasteiger partial charge in [-0.3, -0.25) is 9.78 Å². The number of likely N-dealkylation sites (tertiary alicyclic amines) is 1. The summed E-state index contributed by atoms with van der Waals surface area (Å²) in [6, 6.07) is 0. The minimum absolute atomic E-state index is 0.0915. The molecule has 0 aromatic carbocycles. The first-order valence-corrected chi connectivity index (χ1v) is 9.71. The van der Waals surface area contributed by atoms with E-state index in [1.54, 1.807) is 4.90 Å². The van der Waals surface area contributed by atoms with Crippen molar-refractivity contribution in [3.8, 4) is 0 Å². The predicted molar refractivity (Wildman–Crippen MR) is 93.0 cm³/mol. The monoisotopic (exact) mass is 384 g/mol. The highest BCUT2D eigenvalue weighted by Crippen LogP contribution is 2.43. The first kappa shape index (κ1) is 17.6. The molecular weight excluding hydrogens is 365 g/mol. The van der Waals surface area contributed by atoms with Crippen LogP contribution >= 0.6 is 11.8 Å². The molecule has 1 spiro atoms. The van der Waals surface area contributed by atoms with E-state index >= 15 is 0 Å². The van der Waals surface area contributed by atoms with Crippen LogP contribution in [0.4, 0.5) is 13.2 Å². The van der Waals surface area contributed by atoms with Crippen molar-refractivity contribution in [2.45, 2.75) is 25.4 Å². The summed E-state index contributed by atoms with van der Waals surface area (Å²) >= 11 is 1.91. The number of halogens is 3. The Kier molecular flexibility index (Phi) is 4.17. The Balaban J connectivity index is 1.72. The van der Waals surface area contributed by atoms with Crippen LogP contribution < -0.4 is 0 Å². The number of hydrogen-bond donors (Lipinski definition) is 0. The summed E-state index contributed by atoms with van der Waals surface area (Å²) in [4.78, 5) is 22.5. The first-order chi connectivity index (χ1) is 12.3. The fraction of sp³-hybridized carbons (Fsp3) is 0.588. The largest absolute Gasteiger partial charge is 0.449 e. The summed E-state index contributed by atoms with van der Waals surface area (Å²) in [5.74, 6) is 0.881. The van der Waals surface area contributed by atoms with Gasteiger partial charge in [-0.25, -0.2) is 4.98 Å².